The van der Waals surface area contributed by atoms with Crippen molar-refractivity contribution >= 4 is 17.4 Å². The fraction of sp³-hybridized carbons (Fsp3) is 0.571. The third-order valence-electron chi connectivity index (χ3n) is 6.22. The smallest absolute Gasteiger partial charge is 0.236 e. The molecule has 4 rings (SSSR count). The Morgan fingerprint density at radius 1 is 1.14 bits per heavy atom. The van der Waals surface area contributed by atoms with Crippen molar-refractivity contribution in [2.75, 3.05) is 45.8 Å². The molecule has 2 aliphatic rings. The summed E-state index contributed by atoms with van der Waals surface area (Å²) in [4.78, 5) is 19.7. The first-order chi connectivity index (χ1) is 14.0. The molecule has 3 heterocycles. The van der Waals surface area contributed by atoms with Crippen LogP contribution in [-0.2, 0) is 4.79 Å². The van der Waals surface area contributed by atoms with Crippen LogP contribution in [0.4, 0.5) is 4.39 Å². The highest BCUT2D eigenvalue weighted by Gasteiger charge is 2.38. The Balaban J connectivity index is 1.43. The van der Waals surface area contributed by atoms with E-state index in [9.17, 15) is 9.18 Å². The number of carbonyl (C=O) groups excluding carboxylic acids is 1. The zero-order chi connectivity index (χ0) is 20.4. The lowest BCUT2D eigenvalue weighted by molar-refractivity contribution is -0.131. The number of amides is 1. The summed E-state index contributed by atoms with van der Waals surface area (Å²) >= 11 is 1.33. The molecule has 2 atom stereocenters. The molecule has 156 valence electrons. The zero-order valence-corrected chi connectivity index (χ0v) is 17.8. The van der Waals surface area contributed by atoms with Gasteiger partial charge in [-0.25, -0.2) is 4.39 Å². The van der Waals surface area contributed by atoms with Gasteiger partial charge in [0.25, 0.3) is 0 Å². The molecule has 29 heavy (non-hydrogen) atoms. The number of aromatic nitrogens is 2. The summed E-state index contributed by atoms with van der Waals surface area (Å²) in [5.74, 6) is 0.134. The zero-order valence-electron chi connectivity index (χ0n) is 17.0. The lowest BCUT2D eigenvalue weighted by atomic mass is 9.87. The number of hydrogen-bond acceptors (Lipinski definition) is 6. The van der Waals surface area contributed by atoms with Gasteiger partial charge in [-0.3, -0.25) is 14.6 Å². The standard InChI is InChI=1S/C21H28FN5OS/c1-15(2)26-9-7-25(8-10-26)13-21(28)27-11-18(16-3-5-17(22)6-4-16)19(12-27)20-14-29-24-23-20/h3-6,14-15,18-19H,7-13H2,1-2H3/t18-,19+/m0/s1. The molecule has 1 aromatic heterocycles. The van der Waals surface area contributed by atoms with Crippen LogP contribution >= 0.6 is 11.5 Å². The summed E-state index contributed by atoms with van der Waals surface area (Å²) in [7, 11) is 0. The van der Waals surface area contributed by atoms with Crippen LogP contribution in [0, 0.1) is 5.82 Å². The van der Waals surface area contributed by atoms with E-state index >= 15 is 0 Å². The molecule has 8 heteroatoms. The summed E-state index contributed by atoms with van der Waals surface area (Å²) < 4.78 is 17.4. The first kappa shape index (κ1) is 20.4. The molecule has 2 fully saturated rings. The molecule has 6 nitrogen and oxygen atoms in total. The summed E-state index contributed by atoms with van der Waals surface area (Å²) in [6.45, 7) is 10.0. The van der Waals surface area contributed by atoms with Gasteiger partial charge in [0, 0.05) is 62.5 Å². The van der Waals surface area contributed by atoms with Crippen molar-refractivity contribution in [1.29, 1.82) is 0 Å². The van der Waals surface area contributed by atoms with Crippen LogP contribution in [0.2, 0.25) is 0 Å². The Morgan fingerprint density at radius 2 is 1.83 bits per heavy atom. The molecule has 1 amide bonds. The number of hydrogen-bond donors (Lipinski definition) is 0. The maximum Gasteiger partial charge on any atom is 0.236 e. The third kappa shape index (κ3) is 4.65. The molecule has 0 spiro atoms. The Bertz CT molecular complexity index is 805. The van der Waals surface area contributed by atoms with Gasteiger partial charge in [-0.1, -0.05) is 16.6 Å². The number of benzene rings is 1. The van der Waals surface area contributed by atoms with Crippen molar-refractivity contribution in [3.63, 3.8) is 0 Å². The number of piperazine rings is 1. The highest BCUT2D eigenvalue weighted by atomic mass is 32.1. The van der Waals surface area contributed by atoms with E-state index in [1.54, 1.807) is 0 Å². The van der Waals surface area contributed by atoms with Crippen molar-refractivity contribution in [3.8, 4) is 0 Å². The second kappa shape index (κ2) is 8.85. The molecule has 0 aliphatic carbocycles. The SMILES string of the molecule is CC(C)N1CCN(CC(=O)N2C[C@@H](c3ccc(F)cc3)[C@H](c3csnn3)C2)CC1. The third-order valence-corrected chi connectivity index (χ3v) is 6.75. The van der Waals surface area contributed by atoms with Crippen molar-refractivity contribution in [3.05, 3.63) is 46.7 Å². The average molecular weight is 418 g/mol. The van der Waals surface area contributed by atoms with Crippen molar-refractivity contribution in [1.82, 2.24) is 24.3 Å². The van der Waals surface area contributed by atoms with Gasteiger partial charge in [0.1, 0.15) is 5.82 Å². The van der Waals surface area contributed by atoms with Crippen molar-refractivity contribution < 1.29 is 9.18 Å². The van der Waals surface area contributed by atoms with Gasteiger partial charge in [0.15, 0.2) is 0 Å². The van der Waals surface area contributed by atoms with Crippen LogP contribution in [0.25, 0.3) is 0 Å². The molecule has 0 unspecified atom stereocenters. The van der Waals surface area contributed by atoms with E-state index < -0.39 is 0 Å². The van der Waals surface area contributed by atoms with E-state index in [0.717, 1.165) is 37.4 Å². The van der Waals surface area contributed by atoms with Crippen LogP contribution in [0.1, 0.15) is 36.9 Å². The second-order valence-corrected chi connectivity index (χ2v) is 8.91. The topological polar surface area (TPSA) is 52.6 Å². The van der Waals surface area contributed by atoms with Gasteiger partial charge < -0.3 is 4.90 Å². The lowest BCUT2D eigenvalue weighted by Crippen LogP contribution is -2.51. The van der Waals surface area contributed by atoms with E-state index in [2.05, 4.69) is 33.2 Å². The fourth-order valence-electron chi connectivity index (χ4n) is 4.42. The number of halogens is 1. The monoisotopic (exact) mass is 417 g/mol. The molecule has 0 saturated carbocycles. The fourth-order valence-corrected chi connectivity index (χ4v) is 4.94. The van der Waals surface area contributed by atoms with E-state index in [1.807, 2.05) is 22.4 Å². The Morgan fingerprint density at radius 3 is 2.45 bits per heavy atom. The van der Waals surface area contributed by atoms with E-state index in [-0.39, 0.29) is 23.6 Å². The second-order valence-electron chi connectivity index (χ2n) is 8.30. The Labute approximate surface area is 175 Å². The lowest BCUT2D eigenvalue weighted by Gasteiger charge is -2.37. The number of nitrogens with zero attached hydrogens (tertiary/aromatic N) is 5. The number of rotatable bonds is 5. The molecule has 2 aliphatic heterocycles. The molecule has 2 aromatic rings. The molecular formula is C21H28FN5OS. The largest absolute Gasteiger partial charge is 0.340 e. The van der Waals surface area contributed by atoms with Gasteiger partial charge in [-0.05, 0) is 43.1 Å². The minimum absolute atomic E-state index is 0.0981. The molecule has 0 bridgehead atoms. The van der Waals surface area contributed by atoms with Gasteiger partial charge in [0.2, 0.25) is 5.91 Å². The van der Waals surface area contributed by atoms with Crippen LogP contribution in [0.3, 0.4) is 0 Å². The predicted octanol–water partition coefficient (Wildman–Crippen LogP) is 2.41. The molecule has 0 radical (unpaired) electrons. The quantitative estimate of drug-likeness (QED) is 0.748. The summed E-state index contributed by atoms with van der Waals surface area (Å²) in [5.41, 5.74) is 1.97. The van der Waals surface area contributed by atoms with Crippen molar-refractivity contribution in [2.45, 2.75) is 31.7 Å². The normalized spacial score (nSPS) is 23.8. The first-order valence-corrected chi connectivity index (χ1v) is 11.1. The average Bonchev–Trinajstić information content (AvgIpc) is 3.39. The van der Waals surface area contributed by atoms with Gasteiger partial charge in [-0.15, -0.1) is 5.10 Å². The number of likely N-dealkylation sites (tertiary alicyclic amines) is 1. The van der Waals surface area contributed by atoms with Crippen LogP contribution in [0.15, 0.2) is 29.6 Å². The van der Waals surface area contributed by atoms with E-state index in [4.69, 9.17) is 0 Å². The highest BCUT2D eigenvalue weighted by Crippen LogP contribution is 2.39. The molecule has 2 saturated heterocycles. The molecular weight excluding hydrogens is 389 g/mol. The first-order valence-electron chi connectivity index (χ1n) is 10.3. The number of carbonyl (C=O) groups is 1. The summed E-state index contributed by atoms with van der Waals surface area (Å²) in [6, 6.07) is 7.18. The predicted molar refractivity (Wildman–Crippen MR) is 112 cm³/mol. The minimum atomic E-state index is -0.243. The molecule has 0 N–H and O–H groups in total. The van der Waals surface area contributed by atoms with E-state index in [1.165, 1.54) is 23.7 Å². The van der Waals surface area contributed by atoms with Crippen LogP contribution in [0.5, 0.6) is 0 Å². The van der Waals surface area contributed by atoms with Crippen LogP contribution in [-0.4, -0.2) is 82.0 Å². The van der Waals surface area contributed by atoms with Gasteiger partial charge in [-0.2, -0.15) is 0 Å². The van der Waals surface area contributed by atoms with Crippen LogP contribution < -0.4 is 0 Å². The summed E-state index contributed by atoms with van der Waals surface area (Å²) in [5, 5.41) is 6.22. The minimum Gasteiger partial charge on any atom is -0.340 e. The molecule has 1 aromatic carbocycles. The van der Waals surface area contributed by atoms with Gasteiger partial charge in [0.05, 0.1) is 12.2 Å². The van der Waals surface area contributed by atoms with Gasteiger partial charge >= 0.3 is 0 Å². The summed E-state index contributed by atoms with van der Waals surface area (Å²) in [6.07, 6.45) is 0. The highest BCUT2D eigenvalue weighted by molar-refractivity contribution is 7.03. The Kier molecular flexibility index (Phi) is 6.22. The maximum atomic E-state index is 13.4. The maximum absolute atomic E-state index is 13.4. The Hall–Kier alpha value is -1.90. The van der Waals surface area contributed by atoms with E-state index in [0.29, 0.717) is 25.7 Å². The van der Waals surface area contributed by atoms with Crippen molar-refractivity contribution in [2.24, 2.45) is 0 Å².